The Hall–Kier alpha value is -1.94. The van der Waals surface area contributed by atoms with Gasteiger partial charge in [0, 0.05) is 25.7 Å². The molecule has 5 atom stereocenters. The number of carbonyl (C=O) groups excluding carboxylic acids is 4. The fourth-order valence-corrected chi connectivity index (χ4v) is 12.6. The molecule has 0 aromatic heterocycles. The summed E-state index contributed by atoms with van der Waals surface area (Å²) in [5.74, 6) is -2.12. The van der Waals surface area contributed by atoms with Crippen LogP contribution in [-0.2, 0) is 65.4 Å². The van der Waals surface area contributed by atoms with E-state index in [1.165, 1.54) is 199 Å². The second-order valence-electron chi connectivity index (χ2n) is 26.0. The van der Waals surface area contributed by atoms with Gasteiger partial charge in [0.2, 0.25) is 0 Å². The molecule has 0 aromatic carbocycles. The molecule has 0 radical (unpaired) electrons. The zero-order valence-corrected chi connectivity index (χ0v) is 60.6. The maximum atomic E-state index is 13.0. The summed E-state index contributed by atoms with van der Waals surface area (Å²) in [6.45, 7) is 4.90. The summed E-state index contributed by atoms with van der Waals surface area (Å²) in [6, 6.07) is 0. The van der Waals surface area contributed by atoms with Crippen molar-refractivity contribution in [2.24, 2.45) is 0 Å². The number of hydrogen-bond donors (Lipinski definition) is 3. The maximum Gasteiger partial charge on any atom is 0.472 e. The van der Waals surface area contributed by atoms with E-state index >= 15 is 0 Å². The van der Waals surface area contributed by atoms with Crippen molar-refractivity contribution < 1.29 is 80.2 Å². The summed E-state index contributed by atoms with van der Waals surface area (Å²) in [6.07, 6.45) is 55.7. The molecule has 19 heteroatoms. The predicted molar refractivity (Wildman–Crippen MR) is 368 cm³/mol. The average Bonchev–Trinajstić information content (AvgIpc) is 3.56. The van der Waals surface area contributed by atoms with Crippen molar-refractivity contribution in [1.82, 2.24) is 0 Å². The summed E-state index contributed by atoms with van der Waals surface area (Å²) in [5.41, 5.74) is 0. The summed E-state index contributed by atoms with van der Waals surface area (Å²) < 4.78 is 68.2. The van der Waals surface area contributed by atoms with Crippen LogP contribution in [0.25, 0.3) is 0 Å². The molecule has 0 aliphatic carbocycles. The Kier molecular flexibility index (Phi) is 65.2. The maximum absolute atomic E-state index is 13.0. The molecular formula is C72H140O17P2. The van der Waals surface area contributed by atoms with E-state index in [0.717, 1.165) is 103 Å². The van der Waals surface area contributed by atoms with Crippen LogP contribution in [-0.4, -0.2) is 96.7 Å². The lowest BCUT2D eigenvalue weighted by Crippen LogP contribution is -2.30. The van der Waals surface area contributed by atoms with Crippen LogP contribution in [0.5, 0.6) is 0 Å². The minimum atomic E-state index is -4.95. The predicted octanol–water partition coefficient (Wildman–Crippen LogP) is 21.1. The van der Waals surface area contributed by atoms with Gasteiger partial charge in [-0.1, -0.05) is 329 Å². The first-order chi connectivity index (χ1) is 44.2. The number of phosphoric ester groups is 2. The minimum Gasteiger partial charge on any atom is -0.462 e. The lowest BCUT2D eigenvalue weighted by Gasteiger charge is -2.21. The summed E-state index contributed by atoms with van der Waals surface area (Å²) in [7, 11) is -9.89. The third-order valence-corrected chi connectivity index (χ3v) is 18.8. The molecule has 0 heterocycles. The van der Waals surface area contributed by atoms with Crippen molar-refractivity contribution in [1.29, 1.82) is 0 Å². The number of aliphatic hydroxyl groups is 1. The Balaban J connectivity index is 5.16. The van der Waals surface area contributed by atoms with Crippen LogP contribution in [0.3, 0.4) is 0 Å². The Morgan fingerprint density at radius 3 is 0.648 bits per heavy atom. The van der Waals surface area contributed by atoms with Crippen LogP contribution in [0.1, 0.15) is 381 Å². The summed E-state index contributed by atoms with van der Waals surface area (Å²) in [5, 5.41) is 10.6. The number of esters is 4. The van der Waals surface area contributed by atoms with Gasteiger partial charge in [-0.25, -0.2) is 9.13 Å². The van der Waals surface area contributed by atoms with Crippen LogP contribution < -0.4 is 0 Å². The molecule has 0 spiro atoms. The Bertz CT molecular complexity index is 1740. The molecule has 0 amide bonds. The van der Waals surface area contributed by atoms with Crippen LogP contribution in [0.2, 0.25) is 0 Å². The fourth-order valence-electron chi connectivity index (χ4n) is 11.0. The van der Waals surface area contributed by atoms with Crippen LogP contribution >= 0.6 is 15.6 Å². The Morgan fingerprint density at radius 1 is 0.264 bits per heavy atom. The molecule has 0 fully saturated rings. The Morgan fingerprint density at radius 2 is 0.440 bits per heavy atom. The van der Waals surface area contributed by atoms with Crippen LogP contribution in [0.15, 0.2) is 0 Å². The quantitative estimate of drug-likeness (QED) is 0.0222. The number of carbonyl (C=O) groups is 4. The third-order valence-electron chi connectivity index (χ3n) is 16.9. The molecule has 0 aromatic rings. The molecule has 91 heavy (non-hydrogen) atoms. The smallest absolute Gasteiger partial charge is 0.462 e. The molecule has 0 aliphatic rings. The fraction of sp³-hybridized carbons (Fsp3) is 0.944. The van der Waals surface area contributed by atoms with E-state index in [1.807, 2.05) is 0 Å². The van der Waals surface area contributed by atoms with Gasteiger partial charge in [-0.3, -0.25) is 37.3 Å². The average molecular weight is 1340 g/mol. The van der Waals surface area contributed by atoms with E-state index in [1.54, 1.807) is 0 Å². The zero-order chi connectivity index (χ0) is 66.8. The highest BCUT2D eigenvalue weighted by Crippen LogP contribution is 2.45. The molecule has 0 bridgehead atoms. The van der Waals surface area contributed by atoms with E-state index in [4.69, 9.17) is 37.0 Å². The standard InChI is InChI=1S/C72H140O17P2/c1-5-9-13-17-21-24-26-28-30-32-33-34-36-38-40-43-47-51-55-59-72(77)89-68(63-83-70(75)57-53-49-45-42-39-37-35-31-29-27-25-22-18-14-10-6-2)65-87-91(80,81)85-61-66(73)60-84-90(78,79)86-64-67(62-82-69(74)56-52-48-44-20-16-12-8-4)88-71(76)58-54-50-46-41-23-19-15-11-7-3/h66-68,73H,5-65H2,1-4H3,(H,78,79)(H,80,81)/t66-,67+,68+/m0/s1. The zero-order valence-electron chi connectivity index (χ0n) is 58.8. The lowest BCUT2D eigenvalue weighted by molar-refractivity contribution is -0.161. The van der Waals surface area contributed by atoms with Gasteiger partial charge in [0.05, 0.1) is 26.4 Å². The minimum absolute atomic E-state index is 0.106. The number of unbranched alkanes of at least 4 members (excludes halogenated alkanes) is 47. The number of hydrogen-bond acceptors (Lipinski definition) is 15. The lowest BCUT2D eigenvalue weighted by atomic mass is 10.0. The topological polar surface area (TPSA) is 237 Å². The SMILES string of the molecule is CCCCCCCCCCCCCCCCCCCCCC(=O)O[C@H](COC(=O)CCCCCCCCCCCCCCCCCC)COP(=O)(O)OC[C@@H](O)COP(=O)(O)OC[C@@H](COC(=O)CCCCCCCCC)OC(=O)CCCCCCCCCCC. The number of ether oxygens (including phenoxy) is 4. The van der Waals surface area contributed by atoms with Crippen molar-refractivity contribution >= 4 is 39.5 Å². The van der Waals surface area contributed by atoms with E-state index in [-0.39, 0.29) is 25.7 Å². The number of aliphatic hydroxyl groups excluding tert-OH is 1. The largest absolute Gasteiger partial charge is 0.472 e. The molecule has 0 rings (SSSR count). The second-order valence-corrected chi connectivity index (χ2v) is 28.9. The van der Waals surface area contributed by atoms with Crippen molar-refractivity contribution in [2.45, 2.75) is 399 Å². The monoisotopic (exact) mass is 1340 g/mol. The van der Waals surface area contributed by atoms with E-state index in [9.17, 15) is 43.2 Å². The highest BCUT2D eigenvalue weighted by atomic mass is 31.2. The van der Waals surface area contributed by atoms with Crippen molar-refractivity contribution in [3.8, 4) is 0 Å². The van der Waals surface area contributed by atoms with Crippen LogP contribution in [0, 0.1) is 0 Å². The van der Waals surface area contributed by atoms with E-state index in [2.05, 4.69) is 27.7 Å². The third kappa shape index (κ3) is 66.5. The van der Waals surface area contributed by atoms with Crippen molar-refractivity contribution in [3.63, 3.8) is 0 Å². The van der Waals surface area contributed by atoms with Crippen molar-refractivity contribution in [3.05, 3.63) is 0 Å². The van der Waals surface area contributed by atoms with E-state index < -0.39 is 97.5 Å². The first-order valence-corrected chi connectivity index (χ1v) is 40.8. The summed E-state index contributed by atoms with van der Waals surface area (Å²) in [4.78, 5) is 72.4. The van der Waals surface area contributed by atoms with Gasteiger partial charge in [0.15, 0.2) is 12.2 Å². The normalized spacial score (nSPS) is 14.0. The van der Waals surface area contributed by atoms with E-state index in [0.29, 0.717) is 25.7 Å². The Labute approximate surface area is 556 Å². The first kappa shape index (κ1) is 89.1. The second kappa shape index (κ2) is 66.7. The molecule has 0 aliphatic heterocycles. The molecule has 2 unspecified atom stereocenters. The van der Waals surface area contributed by atoms with Gasteiger partial charge < -0.3 is 33.8 Å². The highest BCUT2D eigenvalue weighted by Gasteiger charge is 2.30. The number of rotatable bonds is 73. The van der Waals surface area contributed by atoms with Gasteiger partial charge in [0.25, 0.3) is 0 Å². The van der Waals surface area contributed by atoms with Crippen LogP contribution in [0.4, 0.5) is 0 Å². The number of phosphoric acid groups is 2. The summed E-state index contributed by atoms with van der Waals surface area (Å²) >= 11 is 0. The highest BCUT2D eigenvalue weighted by molar-refractivity contribution is 7.47. The van der Waals surface area contributed by atoms with Gasteiger partial charge in [-0.15, -0.1) is 0 Å². The first-order valence-electron chi connectivity index (χ1n) is 37.8. The van der Waals surface area contributed by atoms with Gasteiger partial charge in [0.1, 0.15) is 19.3 Å². The molecule has 540 valence electrons. The molecule has 0 saturated carbocycles. The molecule has 0 saturated heterocycles. The van der Waals surface area contributed by atoms with Crippen molar-refractivity contribution in [2.75, 3.05) is 39.6 Å². The van der Waals surface area contributed by atoms with Gasteiger partial charge in [-0.05, 0) is 25.7 Å². The molecular weight excluding hydrogens is 1200 g/mol. The molecule has 3 N–H and O–H groups in total. The molecule has 17 nitrogen and oxygen atoms in total. The van der Waals surface area contributed by atoms with Gasteiger partial charge >= 0.3 is 39.5 Å². The van der Waals surface area contributed by atoms with Gasteiger partial charge in [-0.2, -0.15) is 0 Å².